The number of carbonyl (C=O) groups is 3. The van der Waals surface area contributed by atoms with Gasteiger partial charge in [0.2, 0.25) is 0 Å². The lowest BCUT2D eigenvalue weighted by molar-refractivity contribution is -0.144. The number of ether oxygens (including phenoxy) is 2. The SMILES string of the molecule is COc1ccc(C(=O)NNC(=O)COC(=O)/C=C/c2cccc(Cl)c2Cl)cc1. The van der Waals surface area contributed by atoms with Gasteiger partial charge in [-0.25, -0.2) is 4.79 Å². The van der Waals surface area contributed by atoms with Crippen molar-refractivity contribution < 1.29 is 23.9 Å². The molecule has 2 rings (SSSR count). The molecule has 0 radical (unpaired) electrons. The quantitative estimate of drug-likeness (QED) is 0.423. The molecule has 9 heteroatoms. The lowest BCUT2D eigenvalue weighted by Gasteiger charge is -2.08. The Labute approximate surface area is 171 Å². The van der Waals surface area contributed by atoms with Crippen LogP contribution in [0.1, 0.15) is 15.9 Å². The van der Waals surface area contributed by atoms with Crippen molar-refractivity contribution in [2.75, 3.05) is 13.7 Å². The summed E-state index contributed by atoms with van der Waals surface area (Å²) in [5.41, 5.74) is 5.21. The normalized spacial score (nSPS) is 10.4. The molecule has 2 N–H and O–H groups in total. The minimum absolute atomic E-state index is 0.298. The Balaban J connectivity index is 1.76. The van der Waals surface area contributed by atoms with Crippen LogP contribution in [0.3, 0.4) is 0 Å². The van der Waals surface area contributed by atoms with Crippen molar-refractivity contribution >= 4 is 47.1 Å². The van der Waals surface area contributed by atoms with Crippen LogP contribution >= 0.6 is 23.2 Å². The molecule has 2 aromatic rings. The molecule has 28 heavy (non-hydrogen) atoms. The van der Waals surface area contributed by atoms with Crippen LogP contribution in [-0.2, 0) is 14.3 Å². The van der Waals surface area contributed by atoms with Gasteiger partial charge in [-0.1, -0.05) is 35.3 Å². The van der Waals surface area contributed by atoms with E-state index in [0.29, 0.717) is 26.9 Å². The van der Waals surface area contributed by atoms with E-state index in [4.69, 9.17) is 32.7 Å². The van der Waals surface area contributed by atoms with Gasteiger partial charge in [0.05, 0.1) is 17.2 Å². The van der Waals surface area contributed by atoms with E-state index in [1.165, 1.54) is 25.3 Å². The van der Waals surface area contributed by atoms with Gasteiger partial charge in [0.15, 0.2) is 6.61 Å². The zero-order valence-corrected chi connectivity index (χ0v) is 16.2. The summed E-state index contributed by atoms with van der Waals surface area (Å²) < 4.78 is 9.77. The molecule has 0 fully saturated rings. The third-order valence-electron chi connectivity index (χ3n) is 3.39. The number of carbonyl (C=O) groups excluding carboxylic acids is 3. The van der Waals surface area contributed by atoms with Gasteiger partial charge >= 0.3 is 5.97 Å². The summed E-state index contributed by atoms with van der Waals surface area (Å²) in [4.78, 5) is 35.2. The number of rotatable bonds is 6. The summed E-state index contributed by atoms with van der Waals surface area (Å²) in [5.74, 6) is -1.39. The Morgan fingerprint density at radius 2 is 1.75 bits per heavy atom. The number of halogens is 2. The van der Waals surface area contributed by atoms with Crippen molar-refractivity contribution in [3.05, 3.63) is 69.7 Å². The first kappa shape index (κ1) is 21.3. The molecule has 0 aliphatic heterocycles. The van der Waals surface area contributed by atoms with Crippen molar-refractivity contribution in [1.82, 2.24) is 10.9 Å². The van der Waals surface area contributed by atoms with Crippen molar-refractivity contribution in [3.63, 3.8) is 0 Å². The van der Waals surface area contributed by atoms with E-state index in [0.717, 1.165) is 6.08 Å². The first-order chi connectivity index (χ1) is 13.4. The highest BCUT2D eigenvalue weighted by Gasteiger charge is 2.09. The zero-order valence-electron chi connectivity index (χ0n) is 14.7. The highest BCUT2D eigenvalue weighted by atomic mass is 35.5. The maximum Gasteiger partial charge on any atom is 0.331 e. The van der Waals surface area contributed by atoms with Crippen molar-refractivity contribution in [1.29, 1.82) is 0 Å². The Hall–Kier alpha value is -3.03. The van der Waals surface area contributed by atoms with E-state index < -0.39 is 24.4 Å². The molecule has 0 unspecified atom stereocenters. The van der Waals surface area contributed by atoms with E-state index in [1.807, 2.05) is 0 Å². The van der Waals surface area contributed by atoms with Gasteiger partial charge in [-0.3, -0.25) is 20.4 Å². The molecule has 0 aromatic heterocycles. The second-order valence-corrected chi connectivity index (χ2v) is 6.10. The van der Waals surface area contributed by atoms with Gasteiger partial charge in [-0.2, -0.15) is 0 Å². The minimum Gasteiger partial charge on any atom is -0.497 e. The number of hydrazine groups is 1. The lowest BCUT2D eigenvalue weighted by Crippen LogP contribution is -2.43. The number of hydrogen-bond donors (Lipinski definition) is 2. The zero-order chi connectivity index (χ0) is 20.5. The smallest absolute Gasteiger partial charge is 0.331 e. The monoisotopic (exact) mass is 422 g/mol. The lowest BCUT2D eigenvalue weighted by atomic mass is 10.2. The third-order valence-corrected chi connectivity index (χ3v) is 4.23. The molecule has 0 aliphatic carbocycles. The average Bonchev–Trinajstić information content (AvgIpc) is 2.71. The largest absolute Gasteiger partial charge is 0.497 e. The molecule has 146 valence electrons. The standard InChI is InChI=1S/C19H16Cl2N2O5/c1-27-14-8-5-13(6-9-14)19(26)23-22-16(24)11-28-17(25)10-7-12-3-2-4-15(20)18(12)21/h2-10H,11H2,1H3,(H,22,24)(H,23,26)/b10-7+. The first-order valence-corrected chi connectivity index (χ1v) is 8.68. The van der Waals surface area contributed by atoms with Gasteiger partial charge in [0, 0.05) is 11.6 Å². The van der Waals surface area contributed by atoms with E-state index in [2.05, 4.69) is 10.9 Å². The number of methoxy groups -OCH3 is 1. The summed E-state index contributed by atoms with van der Waals surface area (Å²) in [6, 6.07) is 11.2. The van der Waals surface area contributed by atoms with E-state index in [-0.39, 0.29) is 0 Å². The summed E-state index contributed by atoms with van der Waals surface area (Å²) in [5, 5.41) is 0.649. The maximum absolute atomic E-state index is 11.9. The third kappa shape index (κ3) is 6.29. The molecule has 0 bridgehead atoms. The van der Waals surface area contributed by atoms with Crippen molar-refractivity contribution in [3.8, 4) is 5.75 Å². The molecule has 2 aromatic carbocycles. The van der Waals surface area contributed by atoms with Crippen molar-refractivity contribution in [2.24, 2.45) is 0 Å². The topological polar surface area (TPSA) is 93.7 Å². The van der Waals surface area contributed by atoms with Crippen LogP contribution in [0.15, 0.2) is 48.5 Å². The summed E-state index contributed by atoms with van der Waals surface area (Å²) in [6.07, 6.45) is 2.53. The van der Waals surface area contributed by atoms with Crippen LogP contribution in [0.25, 0.3) is 6.08 Å². The highest BCUT2D eigenvalue weighted by molar-refractivity contribution is 6.42. The molecule has 7 nitrogen and oxygen atoms in total. The molecular weight excluding hydrogens is 407 g/mol. The fourth-order valence-corrected chi connectivity index (χ4v) is 2.34. The number of hydrogen-bond acceptors (Lipinski definition) is 5. The van der Waals surface area contributed by atoms with Gasteiger partial charge in [-0.15, -0.1) is 0 Å². The van der Waals surface area contributed by atoms with E-state index >= 15 is 0 Å². The average molecular weight is 423 g/mol. The fourth-order valence-electron chi connectivity index (χ4n) is 1.97. The predicted molar refractivity (Wildman–Crippen MR) is 105 cm³/mol. The molecule has 0 atom stereocenters. The number of amides is 2. The Bertz CT molecular complexity index is 898. The predicted octanol–water partition coefficient (Wildman–Crippen LogP) is 3.02. The minimum atomic E-state index is -0.757. The Kier molecular flexibility index (Phi) is 7.86. The second kappa shape index (κ2) is 10.3. The molecule has 2 amide bonds. The van der Waals surface area contributed by atoms with Gasteiger partial charge in [-0.05, 0) is 42.0 Å². The van der Waals surface area contributed by atoms with Crippen LogP contribution in [0.2, 0.25) is 10.0 Å². The van der Waals surface area contributed by atoms with Gasteiger partial charge < -0.3 is 9.47 Å². The maximum atomic E-state index is 11.9. The number of nitrogens with one attached hydrogen (secondary N) is 2. The molecule has 0 aliphatic rings. The summed E-state index contributed by atoms with van der Waals surface area (Å²) in [6.45, 7) is -0.574. The second-order valence-electron chi connectivity index (χ2n) is 5.31. The summed E-state index contributed by atoms with van der Waals surface area (Å²) >= 11 is 11.9. The van der Waals surface area contributed by atoms with Crippen LogP contribution < -0.4 is 15.6 Å². The molecule has 0 heterocycles. The van der Waals surface area contributed by atoms with Crippen LogP contribution in [-0.4, -0.2) is 31.5 Å². The van der Waals surface area contributed by atoms with Crippen LogP contribution in [0.5, 0.6) is 5.75 Å². The highest BCUT2D eigenvalue weighted by Crippen LogP contribution is 2.26. The van der Waals surface area contributed by atoms with Gasteiger partial charge in [0.1, 0.15) is 5.75 Å². The van der Waals surface area contributed by atoms with E-state index in [9.17, 15) is 14.4 Å². The Morgan fingerprint density at radius 3 is 2.43 bits per heavy atom. The first-order valence-electron chi connectivity index (χ1n) is 7.93. The number of benzene rings is 2. The molecule has 0 saturated heterocycles. The van der Waals surface area contributed by atoms with Crippen LogP contribution in [0.4, 0.5) is 0 Å². The van der Waals surface area contributed by atoms with Crippen molar-refractivity contribution in [2.45, 2.75) is 0 Å². The number of esters is 1. The summed E-state index contributed by atoms with van der Waals surface area (Å²) in [7, 11) is 1.51. The Morgan fingerprint density at radius 1 is 1.04 bits per heavy atom. The van der Waals surface area contributed by atoms with Crippen LogP contribution in [0, 0.1) is 0 Å². The molecule has 0 saturated carbocycles. The fraction of sp³-hybridized carbons (Fsp3) is 0.105. The molecular formula is C19H16Cl2N2O5. The molecule has 0 spiro atoms. The van der Waals surface area contributed by atoms with Gasteiger partial charge in [0.25, 0.3) is 11.8 Å². The van der Waals surface area contributed by atoms with E-state index in [1.54, 1.807) is 30.3 Å².